The first-order chi connectivity index (χ1) is 45.0. The van der Waals surface area contributed by atoms with Gasteiger partial charge in [-0.25, -0.2) is 4.57 Å². The quantitative estimate of drug-likeness (QED) is 0.0211. The molecule has 10 heteroatoms. The Balaban J connectivity index is 4.00. The molecule has 0 heterocycles. The molecule has 2 atom stereocenters. The van der Waals surface area contributed by atoms with Gasteiger partial charge < -0.3 is 18.9 Å². The summed E-state index contributed by atoms with van der Waals surface area (Å²) in [5.74, 6) is -0.847. The SMILES string of the molecule is CC/C=C\C/C=C\C/C=C\C/C=C\C/C=C\C/C=C\C/C=C\C/C=C\CCCCC(=O)OC(COC(=O)CCCCCCCCCCCCCCCCCCCCCCCCCCCCCC/C=C\C/C=C\C/C=C\C/C=C\CC)COP(=O)(O)OCC[N+](C)(C)C. The fraction of sp³-hybridized carbons (Fsp3) is 0.683. The molecule has 0 saturated carbocycles. The molecule has 0 bridgehead atoms. The molecule has 0 saturated heterocycles. The van der Waals surface area contributed by atoms with Gasteiger partial charge in [-0.15, -0.1) is 0 Å². The Kier molecular flexibility index (Phi) is 68.0. The number of likely N-dealkylation sites (N-methyl/N-ethyl adjacent to an activating group) is 1. The molecule has 0 aliphatic rings. The first-order valence-electron chi connectivity index (χ1n) is 37.6. The highest BCUT2D eigenvalue weighted by atomic mass is 31.2. The number of nitrogens with zero attached hydrogens (tertiary/aromatic N) is 1. The van der Waals surface area contributed by atoms with Gasteiger partial charge in [0.15, 0.2) is 6.10 Å². The lowest BCUT2D eigenvalue weighted by molar-refractivity contribution is -0.870. The standard InChI is InChI=1S/C82H140NO8P/c1-6-8-10-12-14-16-18-20-22-24-26-28-30-32-34-35-36-37-38-39-40-41-42-43-44-45-46-47-49-50-52-54-56-58-60-62-64-66-68-70-72-74-81(84)88-78-80(79-90-92(86,87)89-77-76-83(3,4)5)91-82(85)75-73-71-69-67-65-63-61-59-57-55-53-51-48-33-31-29-27-25-23-21-19-17-15-13-11-9-7-2/h8-11,14-17,20-23,26-29,33,48,53,55,59,61,65,67,80H,6-7,12-13,18-19,24-25,30-32,34-47,49-52,54,56-58,60,62-64,66,68-79H2,1-5H3/p+1/b10-8-,11-9-,16-14-,17-15-,22-20-,23-21-,28-26-,29-27-,48-33-,55-53-,61-59-,67-65-. The first kappa shape index (κ1) is 87.9. The molecule has 0 fully saturated rings. The highest BCUT2D eigenvalue weighted by Crippen LogP contribution is 2.43. The Bertz CT molecular complexity index is 2070. The Morgan fingerprint density at radius 2 is 0.587 bits per heavy atom. The number of phosphoric acid groups is 1. The third-order valence-corrected chi connectivity index (χ3v) is 16.8. The van der Waals surface area contributed by atoms with E-state index in [1.54, 1.807) is 0 Å². The average Bonchev–Trinajstić information content (AvgIpc) is 2.14. The van der Waals surface area contributed by atoms with Crippen LogP contribution in [0.15, 0.2) is 146 Å². The van der Waals surface area contributed by atoms with Gasteiger partial charge in [-0.1, -0.05) is 327 Å². The van der Waals surface area contributed by atoms with Gasteiger partial charge in [0.1, 0.15) is 19.8 Å². The number of quaternary nitrogens is 1. The summed E-state index contributed by atoms with van der Waals surface area (Å²) in [4.78, 5) is 35.9. The molecule has 0 spiro atoms. The zero-order chi connectivity index (χ0) is 66.9. The molecule has 1 N–H and O–H groups in total. The van der Waals surface area contributed by atoms with Crippen molar-refractivity contribution in [2.75, 3.05) is 47.5 Å². The second-order valence-corrected chi connectivity index (χ2v) is 27.4. The van der Waals surface area contributed by atoms with Crippen LogP contribution in [0.5, 0.6) is 0 Å². The van der Waals surface area contributed by atoms with Crippen LogP contribution in [0.2, 0.25) is 0 Å². The maximum absolute atomic E-state index is 12.9. The second kappa shape index (κ2) is 71.2. The molecule has 92 heavy (non-hydrogen) atoms. The van der Waals surface area contributed by atoms with Crippen molar-refractivity contribution in [1.29, 1.82) is 0 Å². The maximum Gasteiger partial charge on any atom is 0.472 e. The fourth-order valence-electron chi connectivity index (χ4n) is 10.2. The van der Waals surface area contributed by atoms with E-state index in [1.807, 2.05) is 21.1 Å². The predicted octanol–water partition coefficient (Wildman–Crippen LogP) is 24.9. The second-order valence-electron chi connectivity index (χ2n) is 25.9. The van der Waals surface area contributed by atoms with E-state index in [9.17, 15) is 19.0 Å². The lowest BCUT2D eigenvalue weighted by Crippen LogP contribution is -2.37. The largest absolute Gasteiger partial charge is 0.472 e. The molecule has 2 unspecified atom stereocenters. The Morgan fingerprint density at radius 3 is 0.891 bits per heavy atom. The first-order valence-corrected chi connectivity index (χ1v) is 39.1. The van der Waals surface area contributed by atoms with Crippen molar-refractivity contribution in [3.63, 3.8) is 0 Å². The van der Waals surface area contributed by atoms with Crippen LogP contribution in [-0.2, 0) is 32.7 Å². The molecule has 0 aliphatic heterocycles. The van der Waals surface area contributed by atoms with Crippen LogP contribution in [0, 0.1) is 0 Å². The van der Waals surface area contributed by atoms with Gasteiger partial charge in [0.05, 0.1) is 27.7 Å². The van der Waals surface area contributed by atoms with E-state index in [0.717, 1.165) is 109 Å². The smallest absolute Gasteiger partial charge is 0.462 e. The number of carbonyl (C=O) groups excluding carboxylic acids is 2. The highest BCUT2D eigenvalue weighted by molar-refractivity contribution is 7.47. The summed E-state index contributed by atoms with van der Waals surface area (Å²) >= 11 is 0. The van der Waals surface area contributed by atoms with E-state index in [4.69, 9.17) is 18.5 Å². The Labute approximate surface area is 567 Å². The lowest BCUT2D eigenvalue weighted by Gasteiger charge is -2.24. The Hall–Kier alpha value is -4.11. The van der Waals surface area contributed by atoms with Crippen molar-refractivity contribution in [3.8, 4) is 0 Å². The summed E-state index contributed by atoms with van der Waals surface area (Å²) in [6.07, 6.45) is 106. The molecule has 0 rings (SSSR count). The Morgan fingerprint density at radius 1 is 0.337 bits per heavy atom. The summed E-state index contributed by atoms with van der Waals surface area (Å²) in [7, 11) is 1.44. The average molecular weight is 1300 g/mol. The number of carbonyl (C=O) groups is 2. The van der Waals surface area contributed by atoms with Crippen molar-refractivity contribution in [2.45, 2.75) is 315 Å². The number of esters is 2. The van der Waals surface area contributed by atoms with Crippen molar-refractivity contribution < 1.29 is 42.1 Å². The molecule has 0 aromatic heterocycles. The number of rotatable bonds is 68. The minimum absolute atomic E-state index is 0.0174. The zero-order valence-electron chi connectivity index (χ0n) is 60.0. The van der Waals surface area contributed by atoms with Crippen LogP contribution >= 0.6 is 7.82 Å². The van der Waals surface area contributed by atoms with Gasteiger partial charge in [-0.2, -0.15) is 0 Å². The minimum atomic E-state index is -4.41. The number of unbranched alkanes of at least 4 members (excludes halogenated alkanes) is 30. The van der Waals surface area contributed by atoms with Crippen molar-refractivity contribution in [1.82, 2.24) is 0 Å². The number of ether oxygens (including phenoxy) is 2. The van der Waals surface area contributed by atoms with E-state index in [2.05, 4.69) is 160 Å². The third-order valence-electron chi connectivity index (χ3n) is 15.9. The summed E-state index contributed by atoms with van der Waals surface area (Å²) in [5.41, 5.74) is 0. The van der Waals surface area contributed by atoms with Crippen LogP contribution < -0.4 is 0 Å². The molecule has 526 valence electrons. The number of allylic oxidation sites excluding steroid dienone is 24. The predicted molar refractivity (Wildman–Crippen MR) is 399 cm³/mol. The van der Waals surface area contributed by atoms with Crippen molar-refractivity contribution >= 4 is 19.8 Å². The van der Waals surface area contributed by atoms with Crippen LogP contribution in [0.25, 0.3) is 0 Å². The highest BCUT2D eigenvalue weighted by Gasteiger charge is 2.27. The number of hydrogen-bond donors (Lipinski definition) is 1. The van der Waals surface area contributed by atoms with Gasteiger partial charge in [0.25, 0.3) is 0 Å². The minimum Gasteiger partial charge on any atom is -0.462 e. The van der Waals surface area contributed by atoms with Crippen LogP contribution in [-0.4, -0.2) is 74.9 Å². The summed E-state index contributed by atoms with van der Waals surface area (Å²) in [6, 6.07) is 0. The summed E-state index contributed by atoms with van der Waals surface area (Å²) in [5, 5.41) is 0. The molecule has 0 aliphatic carbocycles. The van der Waals surface area contributed by atoms with Gasteiger partial charge >= 0.3 is 19.8 Å². The van der Waals surface area contributed by atoms with E-state index in [0.29, 0.717) is 17.4 Å². The molecule has 0 aromatic rings. The monoisotopic (exact) mass is 1300 g/mol. The van der Waals surface area contributed by atoms with Crippen LogP contribution in [0.4, 0.5) is 0 Å². The topological polar surface area (TPSA) is 108 Å². The van der Waals surface area contributed by atoms with Crippen LogP contribution in [0.1, 0.15) is 309 Å². The van der Waals surface area contributed by atoms with Crippen LogP contribution in [0.3, 0.4) is 0 Å². The van der Waals surface area contributed by atoms with Gasteiger partial charge in [0.2, 0.25) is 0 Å². The number of phosphoric ester groups is 1. The van der Waals surface area contributed by atoms with E-state index >= 15 is 0 Å². The van der Waals surface area contributed by atoms with Gasteiger partial charge in [-0.05, 0) is 116 Å². The molecule has 0 amide bonds. The molecule has 0 aromatic carbocycles. The lowest BCUT2D eigenvalue weighted by atomic mass is 10.0. The van der Waals surface area contributed by atoms with Gasteiger partial charge in [0, 0.05) is 12.8 Å². The van der Waals surface area contributed by atoms with Crippen molar-refractivity contribution in [2.24, 2.45) is 0 Å². The number of hydrogen-bond acceptors (Lipinski definition) is 7. The molecule has 0 radical (unpaired) electrons. The van der Waals surface area contributed by atoms with Gasteiger partial charge in [-0.3, -0.25) is 18.6 Å². The summed E-state index contributed by atoms with van der Waals surface area (Å²) in [6.45, 7) is 4.17. The van der Waals surface area contributed by atoms with E-state index < -0.39 is 26.5 Å². The zero-order valence-corrected chi connectivity index (χ0v) is 60.9. The van der Waals surface area contributed by atoms with E-state index in [1.165, 1.54) is 167 Å². The molecule has 9 nitrogen and oxygen atoms in total. The summed E-state index contributed by atoms with van der Waals surface area (Å²) < 4.78 is 34.7. The van der Waals surface area contributed by atoms with E-state index in [-0.39, 0.29) is 32.0 Å². The molecular weight excluding hydrogens is 1160 g/mol. The van der Waals surface area contributed by atoms with Crippen molar-refractivity contribution in [3.05, 3.63) is 146 Å². The fourth-order valence-corrected chi connectivity index (χ4v) is 10.9. The third kappa shape index (κ3) is 74.9. The maximum atomic E-state index is 12.9. The molecular formula is C82H141NO8P+. The normalized spacial score (nSPS) is 13.9.